The lowest BCUT2D eigenvalue weighted by Crippen LogP contribution is -2.23. The second-order valence-corrected chi connectivity index (χ2v) is 7.44. The van der Waals surface area contributed by atoms with Gasteiger partial charge in [-0.25, -0.2) is 8.42 Å². The molecule has 0 aliphatic rings. The lowest BCUT2D eigenvalue weighted by Gasteiger charge is -2.11. The highest BCUT2D eigenvalue weighted by Gasteiger charge is 2.12. The molecule has 110 valence electrons. The number of benzene rings is 1. The first kappa shape index (κ1) is 15.6. The third-order valence-corrected chi connectivity index (χ3v) is 5.53. The Kier molecular flexibility index (Phi) is 5.02. The molecule has 0 aliphatic heterocycles. The van der Waals surface area contributed by atoms with Gasteiger partial charge in [-0.3, -0.25) is 0 Å². The smallest absolute Gasteiger partial charge is 0.250 e. The molecule has 0 saturated heterocycles. The fraction of sp³-hybridized carbons (Fsp3) is 0.200. The number of hydrogen-bond acceptors (Lipinski definition) is 4. The van der Waals surface area contributed by atoms with E-state index in [2.05, 4.69) is 16.6 Å². The SMILES string of the molecule is CN(C)c1ccc(C#CCNS(=O)(=O)c2cccs2)cc1. The molecule has 1 N–H and O–H groups in total. The summed E-state index contributed by atoms with van der Waals surface area (Å²) in [4.78, 5) is 2.01. The quantitative estimate of drug-likeness (QED) is 0.878. The zero-order valence-electron chi connectivity index (χ0n) is 11.8. The van der Waals surface area contributed by atoms with Gasteiger partial charge in [0, 0.05) is 25.3 Å². The van der Waals surface area contributed by atoms with Crippen molar-refractivity contribution >= 4 is 27.0 Å². The molecule has 0 radical (unpaired) electrons. The normalized spacial score (nSPS) is 10.8. The van der Waals surface area contributed by atoms with Gasteiger partial charge in [0.25, 0.3) is 10.0 Å². The van der Waals surface area contributed by atoms with Crippen LogP contribution in [0, 0.1) is 11.8 Å². The first-order valence-electron chi connectivity index (χ1n) is 6.28. The molecular formula is C15H16N2O2S2. The van der Waals surface area contributed by atoms with E-state index in [9.17, 15) is 8.42 Å². The fourth-order valence-corrected chi connectivity index (χ4v) is 3.57. The third-order valence-electron chi connectivity index (χ3n) is 2.73. The Balaban J connectivity index is 1.95. The number of nitrogens with one attached hydrogen (secondary N) is 1. The molecule has 0 fully saturated rings. The van der Waals surface area contributed by atoms with Gasteiger partial charge in [0.15, 0.2) is 0 Å². The molecule has 2 aromatic rings. The van der Waals surface area contributed by atoms with Crippen LogP contribution in [0.1, 0.15) is 5.56 Å². The van der Waals surface area contributed by atoms with Crippen LogP contribution in [0.4, 0.5) is 5.69 Å². The number of sulfonamides is 1. The molecule has 2 rings (SSSR count). The maximum Gasteiger partial charge on any atom is 0.250 e. The molecule has 0 bridgehead atoms. The van der Waals surface area contributed by atoms with Crippen LogP contribution in [0.5, 0.6) is 0 Å². The third kappa shape index (κ3) is 4.33. The van der Waals surface area contributed by atoms with Gasteiger partial charge in [-0.05, 0) is 35.7 Å². The minimum absolute atomic E-state index is 0.0929. The Morgan fingerprint density at radius 2 is 1.90 bits per heavy atom. The summed E-state index contributed by atoms with van der Waals surface area (Å²) in [7, 11) is 0.515. The lowest BCUT2D eigenvalue weighted by molar-refractivity contribution is 0.588. The average molecular weight is 320 g/mol. The molecule has 0 atom stereocenters. The van der Waals surface area contributed by atoms with Gasteiger partial charge >= 0.3 is 0 Å². The van der Waals surface area contributed by atoms with Crippen molar-refractivity contribution in [3.63, 3.8) is 0 Å². The number of hydrogen-bond donors (Lipinski definition) is 1. The van der Waals surface area contributed by atoms with Crippen molar-refractivity contribution in [1.82, 2.24) is 4.72 Å². The molecule has 1 aromatic heterocycles. The minimum Gasteiger partial charge on any atom is -0.378 e. The van der Waals surface area contributed by atoms with Crippen LogP contribution in [-0.2, 0) is 10.0 Å². The second kappa shape index (κ2) is 6.76. The molecular weight excluding hydrogens is 304 g/mol. The summed E-state index contributed by atoms with van der Waals surface area (Å²) in [5.41, 5.74) is 1.95. The summed E-state index contributed by atoms with van der Waals surface area (Å²) >= 11 is 1.19. The van der Waals surface area contributed by atoms with E-state index in [-0.39, 0.29) is 6.54 Å². The summed E-state index contributed by atoms with van der Waals surface area (Å²) in [6.07, 6.45) is 0. The van der Waals surface area contributed by atoms with E-state index < -0.39 is 10.0 Å². The number of thiophene rings is 1. The maximum atomic E-state index is 11.9. The van der Waals surface area contributed by atoms with Crippen LogP contribution in [0.2, 0.25) is 0 Å². The van der Waals surface area contributed by atoms with Gasteiger partial charge in [0.2, 0.25) is 0 Å². The molecule has 21 heavy (non-hydrogen) atoms. The zero-order valence-corrected chi connectivity index (χ0v) is 13.5. The topological polar surface area (TPSA) is 49.4 Å². The van der Waals surface area contributed by atoms with Gasteiger partial charge in [-0.15, -0.1) is 11.3 Å². The van der Waals surface area contributed by atoms with E-state index in [1.54, 1.807) is 17.5 Å². The van der Waals surface area contributed by atoms with Crippen LogP contribution in [0.3, 0.4) is 0 Å². The van der Waals surface area contributed by atoms with Gasteiger partial charge in [-0.2, -0.15) is 4.72 Å². The van der Waals surface area contributed by atoms with Crippen LogP contribution in [0.15, 0.2) is 46.0 Å². The maximum absolute atomic E-state index is 11.9. The summed E-state index contributed by atoms with van der Waals surface area (Å²) in [5.74, 6) is 5.76. The van der Waals surface area contributed by atoms with E-state index in [0.29, 0.717) is 4.21 Å². The summed E-state index contributed by atoms with van der Waals surface area (Å²) in [6.45, 7) is 0.0929. The highest BCUT2D eigenvalue weighted by molar-refractivity contribution is 7.91. The van der Waals surface area contributed by atoms with Gasteiger partial charge in [0.1, 0.15) is 4.21 Å². The summed E-state index contributed by atoms with van der Waals surface area (Å²) < 4.78 is 26.5. The van der Waals surface area contributed by atoms with Gasteiger partial charge in [0.05, 0.1) is 6.54 Å². The van der Waals surface area contributed by atoms with Crippen LogP contribution in [-0.4, -0.2) is 29.1 Å². The second-order valence-electron chi connectivity index (χ2n) is 4.50. The molecule has 0 aliphatic carbocycles. The monoisotopic (exact) mass is 320 g/mol. The standard InChI is InChI=1S/C15H16N2O2S2/c1-17(2)14-9-7-13(8-10-14)5-3-11-16-21(18,19)15-6-4-12-20-15/h4,6-10,12,16H,11H2,1-2H3. The van der Waals surface area contributed by atoms with Crippen molar-refractivity contribution in [2.75, 3.05) is 25.5 Å². The Hall–Kier alpha value is -1.81. The van der Waals surface area contributed by atoms with E-state index in [1.165, 1.54) is 11.3 Å². The number of anilines is 1. The molecule has 0 spiro atoms. The lowest BCUT2D eigenvalue weighted by atomic mass is 10.2. The summed E-state index contributed by atoms with van der Waals surface area (Å²) in [6, 6.07) is 11.0. The molecule has 0 amide bonds. The first-order chi connectivity index (χ1) is 9.99. The molecule has 1 heterocycles. The van der Waals surface area contributed by atoms with Crippen LogP contribution < -0.4 is 9.62 Å². The Labute approximate surface area is 129 Å². The Morgan fingerprint density at radius 1 is 1.19 bits per heavy atom. The molecule has 0 saturated carbocycles. The van der Waals surface area contributed by atoms with E-state index in [4.69, 9.17) is 0 Å². The Bertz CT molecular complexity index is 737. The van der Waals surface area contributed by atoms with Crippen molar-refractivity contribution in [3.05, 3.63) is 47.3 Å². The molecule has 6 heteroatoms. The van der Waals surface area contributed by atoms with Gasteiger partial charge < -0.3 is 4.90 Å². The summed E-state index contributed by atoms with van der Waals surface area (Å²) in [5, 5.41) is 1.73. The predicted molar refractivity (Wildman–Crippen MR) is 87.2 cm³/mol. The Morgan fingerprint density at radius 3 is 2.48 bits per heavy atom. The molecule has 4 nitrogen and oxygen atoms in total. The zero-order chi connectivity index (χ0) is 15.3. The number of nitrogens with zero attached hydrogens (tertiary/aromatic N) is 1. The molecule has 0 unspecified atom stereocenters. The van der Waals surface area contributed by atoms with Crippen molar-refractivity contribution in [3.8, 4) is 11.8 Å². The van der Waals surface area contributed by atoms with Crippen molar-refractivity contribution in [2.45, 2.75) is 4.21 Å². The fourth-order valence-electron chi connectivity index (χ4n) is 1.61. The largest absolute Gasteiger partial charge is 0.378 e. The highest BCUT2D eigenvalue weighted by Crippen LogP contribution is 2.14. The number of rotatable bonds is 4. The predicted octanol–water partition coefficient (Wildman–Crippen LogP) is 2.14. The van der Waals surface area contributed by atoms with E-state index in [1.807, 2.05) is 43.3 Å². The van der Waals surface area contributed by atoms with Crippen LogP contribution in [0.25, 0.3) is 0 Å². The minimum atomic E-state index is -3.43. The van der Waals surface area contributed by atoms with E-state index >= 15 is 0 Å². The first-order valence-corrected chi connectivity index (χ1v) is 8.65. The van der Waals surface area contributed by atoms with Crippen molar-refractivity contribution < 1.29 is 8.42 Å². The van der Waals surface area contributed by atoms with Crippen molar-refractivity contribution in [2.24, 2.45) is 0 Å². The average Bonchev–Trinajstić information content (AvgIpc) is 2.99. The van der Waals surface area contributed by atoms with Crippen LogP contribution >= 0.6 is 11.3 Å². The highest BCUT2D eigenvalue weighted by atomic mass is 32.2. The van der Waals surface area contributed by atoms with E-state index in [0.717, 1.165) is 11.3 Å². The van der Waals surface area contributed by atoms with Gasteiger partial charge in [-0.1, -0.05) is 17.9 Å². The van der Waals surface area contributed by atoms with Crippen molar-refractivity contribution in [1.29, 1.82) is 0 Å². The molecule has 1 aromatic carbocycles.